The van der Waals surface area contributed by atoms with Crippen LogP contribution in [0.1, 0.15) is 41.6 Å². The molecule has 0 spiro atoms. The number of imide groups is 1. The van der Waals surface area contributed by atoms with E-state index in [0.29, 0.717) is 42.7 Å². The summed E-state index contributed by atoms with van der Waals surface area (Å²) in [5.41, 5.74) is 1.30. The number of amides is 3. The highest BCUT2D eigenvalue weighted by Gasteiger charge is 2.39. The van der Waals surface area contributed by atoms with Crippen molar-refractivity contribution >= 4 is 29.7 Å². The molecular formula is C19H20FN3O4. The Bertz CT molecular complexity index is 832. The van der Waals surface area contributed by atoms with E-state index in [1.165, 1.54) is 11.0 Å². The SMILES string of the molecule is O=CC1CCN(c2cc3c(cc2F)CN(C2CCC(=O)NC2=O)C3=O)CC1. The van der Waals surface area contributed by atoms with Crippen LogP contribution in [0.3, 0.4) is 0 Å². The standard InChI is InChI=1S/C19H20FN3O4/c20-14-7-12-9-23(15-1-2-17(25)21-18(15)26)19(27)13(12)8-16(14)22-5-3-11(10-24)4-6-22/h7-8,10-11,15H,1-6,9H2,(H,21,25,26). The molecule has 1 atom stereocenters. The molecule has 142 valence electrons. The average molecular weight is 373 g/mol. The van der Waals surface area contributed by atoms with E-state index in [-0.39, 0.29) is 37.1 Å². The van der Waals surface area contributed by atoms with Gasteiger partial charge in [-0.05, 0) is 37.0 Å². The Balaban J connectivity index is 1.57. The van der Waals surface area contributed by atoms with E-state index in [0.717, 1.165) is 6.29 Å². The molecular weight excluding hydrogens is 353 g/mol. The van der Waals surface area contributed by atoms with Crippen molar-refractivity contribution in [1.29, 1.82) is 0 Å². The predicted molar refractivity (Wildman–Crippen MR) is 93.4 cm³/mol. The Morgan fingerprint density at radius 2 is 1.85 bits per heavy atom. The molecule has 2 saturated heterocycles. The second kappa shape index (κ2) is 6.75. The normalized spacial score (nSPS) is 23.4. The minimum Gasteiger partial charge on any atom is -0.369 e. The number of rotatable bonds is 3. The molecule has 0 bridgehead atoms. The Morgan fingerprint density at radius 1 is 1.11 bits per heavy atom. The van der Waals surface area contributed by atoms with Gasteiger partial charge in [0.05, 0.1) is 5.69 Å². The monoisotopic (exact) mass is 373 g/mol. The number of fused-ring (bicyclic) bond motifs is 1. The fourth-order valence-corrected chi connectivity index (χ4v) is 4.09. The van der Waals surface area contributed by atoms with Crippen molar-refractivity contribution in [2.24, 2.45) is 5.92 Å². The predicted octanol–water partition coefficient (Wildman–Crippen LogP) is 1.00. The lowest BCUT2D eigenvalue weighted by molar-refractivity contribution is -0.136. The van der Waals surface area contributed by atoms with Crippen LogP contribution in [0.5, 0.6) is 0 Å². The zero-order valence-electron chi connectivity index (χ0n) is 14.7. The highest BCUT2D eigenvalue weighted by Crippen LogP contribution is 2.33. The van der Waals surface area contributed by atoms with E-state index in [1.54, 1.807) is 6.07 Å². The third kappa shape index (κ3) is 3.09. The van der Waals surface area contributed by atoms with Gasteiger partial charge in [-0.25, -0.2) is 4.39 Å². The highest BCUT2D eigenvalue weighted by atomic mass is 19.1. The Morgan fingerprint density at radius 3 is 2.52 bits per heavy atom. The maximum atomic E-state index is 14.7. The lowest BCUT2D eigenvalue weighted by Gasteiger charge is -2.32. The third-order valence-electron chi connectivity index (χ3n) is 5.66. The molecule has 3 amide bonds. The van der Waals surface area contributed by atoms with Crippen LogP contribution < -0.4 is 10.2 Å². The molecule has 2 fully saturated rings. The van der Waals surface area contributed by atoms with Crippen LogP contribution in [0.15, 0.2) is 12.1 Å². The third-order valence-corrected chi connectivity index (χ3v) is 5.66. The van der Waals surface area contributed by atoms with E-state index >= 15 is 0 Å². The molecule has 0 aromatic heterocycles. The summed E-state index contributed by atoms with van der Waals surface area (Å²) in [5, 5.41) is 2.26. The van der Waals surface area contributed by atoms with Gasteiger partial charge in [-0.3, -0.25) is 19.7 Å². The van der Waals surface area contributed by atoms with E-state index in [4.69, 9.17) is 0 Å². The number of carbonyl (C=O) groups excluding carboxylic acids is 4. The first-order valence-electron chi connectivity index (χ1n) is 9.15. The number of hydrogen-bond acceptors (Lipinski definition) is 5. The maximum Gasteiger partial charge on any atom is 0.255 e. The quantitative estimate of drug-likeness (QED) is 0.631. The fourth-order valence-electron chi connectivity index (χ4n) is 4.09. The molecule has 7 nitrogen and oxygen atoms in total. The van der Waals surface area contributed by atoms with E-state index in [9.17, 15) is 23.6 Å². The lowest BCUT2D eigenvalue weighted by Crippen LogP contribution is -2.52. The van der Waals surface area contributed by atoms with Crippen molar-refractivity contribution in [3.63, 3.8) is 0 Å². The molecule has 0 aliphatic carbocycles. The van der Waals surface area contributed by atoms with Crippen molar-refractivity contribution in [2.45, 2.75) is 38.3 Å². The van der Waals surface area contributed by atoms with Gasteiger partial charge >= 0.3 is 0 Å². The Hall–Kier alpha value is -2.77. The van der Waals surface area contributed by atoms with E-state index in [2.05, 4.69) is 5.32 Å². The summed E-state index contributed by atoms with van der Waals surface area (Å²) < 4.78 is 14.7. The van der Waals surface area contributed by atoms with Gasteiger partial charge in [0.25, 0.3) is 5.91 Å². The number of hydrogen-bond donors (Lipinski definition) is 1. The number of nitrogens with one attached hydrogen (secondary N) is 1. The molecule has 1 aromatic carbocycles. The first-order valence-corrected chi connectivity index (χ1v) is 9.15. The Kier molecular flexibility index (Phi) is 4.41. The van der Waals surface area contributed by atoms with Crippen molar-refractivity contribution in [3.05, 3.63) is 29.1 Å². The summed E-state index contributed by atoms with van der Waals surface area (Å²) in [6, 6.07) is 2.21. The zero-order chi connectivity index (χ0) is 19.1. The van der Waals surface area contributed by atoms with E-state index in [1.807, 2.05) is 4.90 Å². The van der Waals surface area contributed by atoms with Gasteiger partial charge < -0.3 is 14.6 Å². The summed E-state index contributed by atoms with van der Waals surface area (Å²) in [6.45, 7) is 1.28. The van der Waals surface area contributed by atoms with Gasteiger partial charge in [-0.1, -0.05) is 0 Å². The van der Waals surface area contributed by atoms with Crippen LogP contribution in [-0.4, -0.2) is 48.0 Å². The minimum atomic E-state index is -0.711. The number of aldehydes is 1. The van der Waals surface area contributed by atoms with Gasteiger partial charge in [-0.2, -0.15) is 0 Å². The molecule has 1 N–H and O–H groups in total. The topological polar surface area (TPSA) is 86.8 Å². The van der Waals surface area contributed by atoms with Crippen molar-refractivity contribution < 1.29 is 23.6 Å². The van der Waals surface area contributed by atoms with Crippen molar-refractivity contribution in [2.75, 3.05) is 18.0 Å². The number of anilines is 1. The van der Waals surface area contributed by atoms with Crippen LogP contribution in [0, 0.1) is 11.7 Å². The first-order chi connectivity index (χ1) is 13.0. The van der Waals surface area contributed by atoms with Gasteiger partial charge in [0.15, 0.2) is 0 Å². The molecule has 4 rings (SSSR count). The zero-order valence-corrected chi connectivity index (χ0v) is 14.7. The molecule has 3 heterocycles. The second-order valence-electron chi connectivity index (χ2n) is 7.32. The summed E-state index contributed by atoms with van der Waals surface area (Å²) in [4.78, 5) is 50.4. The molecule has 3 aliphatic rings. The van der Waals surface area contributed by atoms with Crippen LogP contribution >= 0.6 is 0 Å². The molecule has 3 aliphatic heterocycles. The van der Waals surface area contributed by atoms with Crippen LogP contribution in [0.2, 0.25) is 0 Å². The largest absolute Gasteiger partial charge is 0.369 e. The summed E-state index contributed by atoms with van der Waals surface area (Å²) in [7, 11) is 0. The summed E-state index contributed by atoms with van der Waals surface area (Å²) in [5.74, 6) is -1.54. The van der Waals surface area contributed by atoms with Crippen molar-refractivity contribution in [1.82, 2.24) is 10.2 Å². The van der Waals surface area contributed by atoms with Gasteiger partial charge in [0.1, 0.15) is 18.1 Å². The molecule has 1 aromatic rings. The van der Waals surface area contributed by atoms with Gasteiger partial charge in [0.2, 0.25) is 11.8 Å². The van der Waals surface area contributed by atoms with Crippen LogP contribution in [-0.2, 0) is 20.9 Å². The van der Waals surface area contributed by atoms with Gasteiger partial charge in [0, 0.05) is 37.5 Å². The van der Waals surface area contributed by atoms with E-state index < -0.39 is 17.8 Å². The fraction of sp³-hybridized carbons (Fsp3) is 0.474. The number of nitrogens with zero attached hydrogens (tertiary/aromatic N) is 2. The lowest BCUT2D eigenvalue weighted by atomic mass is 9.97. The van der Waals surface area contributed by atoms with Crippen LogP contribution in [0.4, 0.5) is 10.1 Å². The smallest absolute Gasteiger partial charge is 0.255 e. The summed E-state index contributed by atoms with van der Waals surface area (Å²) in [6.07, 6.45) is 2.73. The number of carbonyl (C=O) groups is 4. The molecule has 0 radical (unpaired) electrons. The molecule has 27 heavy (non-hydrogen) atoms. The number of halogens is 1. The van der Waals surface area contributed by atoms with Gasteiger partial charge in [-0.15, -0.1) is 0 Å². The van der Waals surface area contributed by atoms with Crippen molar-refractivity contribution in [3.8, 4) is 0 Å². The highest BCUT2D eigenvalue weighted by molar-refractivity contribution is 6.05. The minimum absolute atomic E-state index is 0.00314. The molecule has 1 unspecified atom stereocenters. The second-order valence-corrected chi connectivity index (χ2v) is 7.32. The first kappa shape index (κ1) is 17.6. The maximum absolute atomic E-state index is 14.7. The summed E-state index contributed by atoms with van der Waals surface area (Å²) >= 11 is 0. The number of benzene rings is 1. The Labute approximate surface area is 155 Å². The van der Waals surface area contributed by atoms with Crippen LogP contribution in [0.25, 0.3) is 0 Å². The number of piperidine rings is 2. The average Bonchev–Trinajstić information content (AvgIpc) is 2.97. The molecule has 8 heteroatoms. The molecule has 0 saturated carbocycles.